The van der Waals surface area contributed by atoms with Gasteiger partial charge in [-0.15, -0.1) is 0 Å². The summed E-state index contributed by atoms with van der Waals surface area (Å²) in [6, 6.07) is 0.383. The van der Waals surface area contributed by atoms with Crippen molar-refractivity contribution < 1.29 is 4.79 Å². The number of hydrogen-bond acceptors (Lipinski definition) is 1. The minimum atomic E-state index is 0.306. The SMILES string of the molecule is CCCCCCCC(=O)N(C)C(C)CC. The summed E-state index contributed by atoms with van der Waals surface area (Å²) in [5.74, 6) is 0.306. The van der Waals surface area contributed by atoms with E-state index in [0.717, 1.165) is 19.3 Å². The fourth-order valence-corrected chi connectivity index (χ4v) is 1.58. The molecule has 0 saturated heterocycles. The highest BCUT2D eigenvalue weighted by Gasteiger charge is 2.12. The van der Waals surface area contributed by atoms with E-state index in [2.05, 4.69) is 20.8 Å². The van der Waals surface area contributed by atoms with Crippen LogP contribution in [0.5, 0.6) is 0 Å². The largest absolute Gasteiger partial charge is 0.343 e. The van der Waals surface area contributed by atoms with Crippen LogP contribution in [0.25, 0.3) is 0 Å². The molecule has 0 aromatic carbocycles. The Labute approximate surface area is 95.0 Å². The molecule has 0 bridgehead atoms. The molecule has 0 saturated carbocycles. The summed E-state index contributed by atoms with van der Waals surface area (Å²) in [7, 11) is 1.92. The van der Waals surface area contributed by atoms with Crippen molar-refractivity contribution in [2.24, 2.45) is 0 Å². The Balaban J connectivity index is 3.56. The third-order valence-corrected chi connectivity index (χ3v) is 3.14. The minimum absolute atomic E-state index is 0.306. The lowest BCUT2D eigenvalue weighted by atomic mass is 10.1. The first-order valence-corrected chi connectivity index (χ1v) is 6.39. The lowest BCUT2D eigenvalue weighted by Crippen LogP contribution is -2.34. The molecule has 1 amide bonds. The molecule has 2 nitrogen and oxygen atoms in total. The molecule has 0 aromatic heterocycles. The highest BCUT2D eigenvalue weighted by Crippen LogP contribution is 2.08. The van der Waals surface area contributed by atoms with Gasteiger partial charge < -0.3 is 4.90 Å². The van der Waals surface area contributed by atoms with E-state index in [9.17, 15) is 4.79 Å². The van der Waals surface area contributed by atoms with Crippen LogP contribution in [0, 0.1) is 0 Å². The third kappa shape index (κ3) is 6.53. The highest BCUT2D eigenvalue weighted by molar-refractivity contribution is 5.76. The van der Waals surface area contributed by atoms with E-state index in [1.54, 1.807) is 0 Å². The van der Waals surface area contributed by atoms with E-state index in [4.69, 9.17) is 0 Å². The average Bonchev–Trinajstić information content (AvgIpc) is 2.26. The van der Waals surface area contributed by atoms with Crippen molar-refractivity contribution in [3.8, 4) is 0 Å². The lowest BCUT2D eigenvalue weighted by molar-refractivity contribution is -0.131. The molecule has 0 aromatic rings. The minimum Gasteiger partial charge on any atom is -0.343 e. The number of hydrogen-bond donors (Lipinski definition) is 0. The fraction of sp³-hybridized carbons (Fsp3) is 0.923. The molecule has 0 heterocycles. The van der Waals surface area contributed by atoms with Crippen LogP contribution in [0.1, 0.15) is 65.7 Å². The number of unbranched alkanes of at least 4 members (excludes halogenated alkanes) is 4. The van der Waals surface area contributed by atoms with Crippen LogP contribution in [0.4, 0.5) is 0 Å². The summed E-state index contributed by atoms with van der Waals surface area (Å²) < 4.78 is 0. The summed E-state index contributed by atoms with van der Waals surface area (Å²) >= 11 is 0. The van der Waals surface area contributed by atoms with Gasteiger partial charge in [-0.2, -0.15) is 0 Å². The maximum Gasteiger partial charge on any atom is 0.222 e. The smallest absolute Gasteiger partial charge is 0.222 e. The van der Waals surface area contributed by atoms with Crippen molar-refractivity contribution in [3.05, 3.63) is 0 Å². The molecule has 0 aliphatic heterocycles. The second-order valence-corrected chi connectivity index (χ2v) is 4.43. The predicted octanol–water partition coefficient (Wildman–Crippen LogP) is 3.60. The van der Waals surface area contributed by atoms with Gasteiger partial charge in [0.25, 0.3) is 0 Å². The molecule has 0 N–H and O–H groups in total. The molecule has 0 aliphatic carbocycles. The normalized spacial score (nSPS) is 12.5. The van der Waals surface area contributed by atoms with E-state index in [-0.39, 0.29) is 0 Å². The van der Waals surface area contributed by atoms with Crippen LogP contribution in [0.15, 0.2) is 0 Å². The fourth-order valence-electron chi connectivity index (χ4n) is 1.58. The van der Waals surface area contributed by atoms with Crippen LogP contribution in [-0.4, -0.2) is 23.9 Å². The number of carbonyl (C=O) groups is 1. The lowest BCUT2D eigenvalue weighted by Gasteiger charge is -2.23. The molecule has 90 valence electrons. The Morgan fingerprint density at radius 2 is 1.73 bits per heavy atom. The number of rotatable bonds is 8. The maximum atomic E-state index is 11.7. The van der Waals surface area contributed by atoms with Crippen molar-refractivity contribution in [2.75, 3.05) is 7.05 Å². The third-order valence-electron chi connectivity index (χ3n) is 3.14. The Kier molecular flexibility index (Phi) is 8.44. The Morgan fingerprint density at radius 1 is 1.13 bits per heavy atom. The molecular weight excluding hydrogens is 186 g/mol. The van der Waals surface area contributed by atoms with Crippen LogP contribution in [-0.2, 0) is 4.79 Å². The zero-order chi connectivity index (χ0) is 11.7. The standard InChI is InChI=1S/C13H27NO/c1-5-7-8-9-10-11-13(15)14(4)12(3)6-2/h12H,5-11H2,1-4H3. The first kappa shape index (κ1) is 14.5. The van der Waals surface area contributed by atoms with Crippen molar-refractivity contribution in [3.63, 3.8) is 0 Å². The monoisotopic (exact) mass is 213 g/mol. The van der Waals surface area contributed by atoms with E-state index in [1.807, 2.05) is 11.9 Å². The highest BCUT2D eigenvalue weighted by atomic mass is 16.2. The van der Waals surface area contributed by atoms with Gasteiger partial charge in [0, 0.05) is 19.5 Å². The van der Waals surface area contributed by atoms with Crippen LogP contribution in [0.2, 0.25) is 0 Å². The zero-order valence-corrected chi connectivity index (χ0v) is 10.9. The molecule has 0 rings (SSSR count). The van der Waals surface area contributed by atoms with Gasteiger partial charge >= 0.3 is 0 Å². The summed E-state index contributed by atoms with van der Waals surface area (Å²) in [4.78, 5) is 13.6. The molecule has 1 unspecified atom stereocenters. The predicted molar refractivity (Wildman–Crippen MR) is 65.9 cm³/mol. The van der Waals surface area contributed by atoms with Crippen LogP contribution in [0.3, 0.4) is 0 Å². The van der Waals surface area contributed by atoms with E-state index < -0.39 is 0 Å². The van der Waals surface area contributed by atoms with Gasteiger partial charge in [-0.1, -0.05) is 39.5 Å². The quantitative estimate of drug-likeness (QED) is 0.564. The van der Waals surface area contributed by atoms with Gasteiger partial charge in [-0.3, -0.25) is 4.79 Å². The van der Waals surface area contributed by atoms with Crippen LogP contribution >= 0.6 is 0 Å². The molecule has 15 heavy (non-hydrogen) atoms. The van der Waals surface area contributed by atoms with E-state index in [0.29, 0.717) is 11.9 Å². The van der Waals surface area contributed by atoms with Gasteiger partial charge in [0.2, 0.25) is 5.91 Å². The summed E-state index contributed by atoms with van der Waals surface area (Å²) in [6.07, 6.45) is 7.86. The maximum absolute atomic E-state index is 11.7. The average molecular weight is 213 g/mol. The zero-order valence-electron chi connectivity index (χ0n) is 10.9. The molecule has 0 spiro atoms. The Hall–Kier alpha value is -0.530. The molecule has 0 fully saturated rings. The topological polar surface area (TPSA) is 20.3 Å². The van der Waals surface area contributed by atoms with Gasteiger partial charge in [0.1, 0.15) is 0 Å². The summed E-state index contributed by atoms with van der Waals surface area (Å²) in [6.45, 7) is 6.44. The number of nitrogens with zero attached hydrogens (tertiary/aromatic N) is 1. The Morgan fingerprint density at radius 3 is 2.27 bits per heavy atom. The number of amides is 1. The van der Waals surface area contributed by atoms with Crippen molar-refractivity contribution in [2.45, 2.75) is 71.8 Å². The van der Waals surface area contributed by atoms with Gasteiger partial charge in [0.15, 0.2) is 0 Å². The van der Waals surface area contributed by atoms with Gasteiger partial charge in [-0.25, -0.2) is 0 Å². The first-order chi connectivity index (χ1) is 7.13. The van der Waals surface area contributed by atoms with Crippen LogP contribution < -0.4 is 0 Å². The van der Waals surface area contributed by atoms with E-state index in [1.165, 1.54) is 25.7 Å². The second-order valence-electron chi connectivity index (χ2n) is 4.43. The molecule has 0 aliphatic rings. The summed E-state index contributed by atoms with van der Waals surface area (Å²) in [5.41, 5.74) is 0. The van der Waals surface area contributed by atoms with E-state index >= 15 is 0 Å². The molecular formula is C13H27NO. The molecule has 1 atom stereocenters. The second kappa shape index (κ2) is 8.75. The molecule has 2 heteroatoms. The summed E-state index contributed by atoms with van der Waals surface area (Å²) in [5, 5.41) is 0. The van der Waals surface area contributed by atoms with Crippen molar-refractivity contribution in [1.29, 1.82) is 0 Å². The molecule has 0 radical (unpaired) electrons. The van der Waals surface area contributed by atoms with Crippen molar-refractivity contribution in [1.82, 2.24) is 4.90 Å². The van der Waals surface area contributed by atoms with Gasteiger partial charge in [-0.05, 0) is 19.8 Å². The Bertz CT molecular complexity index is 168. The number of carbonyl (C=O) groups excluding carboxylic acids is 1. The first-order valence-electron chi connectivity index (χ1n) is 6.39. The van der Waals surface area contributed by atoms with Crippen molar-refractivity contribution >= 4 is 5.91 Å². The van der Waals surface area contributed by atoms with Gasteiger partial charge in [0.05, 0.1) is 0 Å².